The van der Waals surface area contributed by atoms with Crippen LogP contribution in [0.25, 0.3) is 16.9 Å². The van der Waals surface area contributed by atoms with E-state index in [0.717, 1.165) is 16.2 Å². The minimum Gasteiger partial charge on any atom is -0.495 e. The fourth-order valence-corrected chi connectivity index (χ4v) is 4.44. The first-order chi connectivity index (χ1) is 12.2. The maximum atomic E-state index is 13.0. The van der Waals surface area contributed by atoms with E-state index in [1.54, 1.807) is 55.4 Å². The van der Waals surface area contributed by atoms with E-state index in [0.29, 0.717) is 11.4 Å². The van der Waals surface area contributed by atoms with Gasteiger partial charge in [-0.1, -0.05) is 12.1 Å². The van der Waals surface area contributed by atoms with E-state index < -0.39 is 14.6 Å². The number of imidazole rings is 1. The van der Waals surface area contributed by atoms with Crippen molar-refractivity contribution >= 4 is 27.2 Å². The normalized spacial score (nSPS) is 11.6. The molecule has 1 aromatic carbocycles. The predicted octanol–water partition coefficient (Wildman–Crippen LogP) is 2.65. The van der Waals surface area contributed by atoms with Crippen LogP contribution in [0.15, 0.2) is 52.5 Å². The van der Waals surface area contributed by atoms with Crippen molar-refractivity contribution in [2.45, 2.75) is 35.3 Å². The Bertz CT molecular complexity index is 1070. The predicted molar refractivity (Wildman–Crippen MR) is 113 cm³/mol. The number of pyridine rings is 1. The summed E-state index contributed by atoms with van der Waals surface area (Å²) in [7, 11) is -2.11. The Morgan fingerprint density at radius 1 is 1.14 bits per heavy atom. The molecule has 0 saturated heterocycles. The topological polar surface area (TPSA) is 124 Å². The van der Waals surface area contributed by atoms with E-state index in [4.69, 9.17) is 4.74 Å². The molecule has 0 aliphatic rings. The summed E-state index contributed by atoms with van der Waals surface area (Å²) in [4.78, 5) is 5.73. The van der Waals surface area contributed by atoms with Crippen LogP contribution in [0.3, 0.4) is 0 Å². The Morgan fingerprint density at radius 2 is 1.82 bits per heavy atom. The summed E-state index contributed by atoms with van der Waals surface area (Å²) in [6.07, 6.45) is 5.39. The summed E-state index contributed by atoms with van der Waals surface area (Å²) in [5.74, 6) is 0.308. The second-order valence-corrected chi connectivity index (χ2v) is 10.5. The van der Waals surface area contributed by atoms with Gasteiger partial charge in [0.15, 0.2) is 9.84 Å². The van der Waals surface area contributed by atoms with Gasteiger partial charge in [-0.3, -0.25) is 4.40 Å². The highest BCUT2D eigenvalue weighted by Crippen LogP contribution is 2.34. The first-order valence-electron chi connectivity index (χ1n) is 8.13. The third-order valence-corrected chi connectivity index (χ3v) is 7.48. The molecular weight excluding hydrogens is 400 g/mol. The number of sulfone groups is 1. The number of thioether (sulfide) groups is 1. The molecule has 3 rings (SSSR count). The third-order valence-electron chi connectivity index (χ3n) is 4.26. The summed E-state index contributed by atoms with van der Waals surface area (Å²) >= 11 is 1.66. The summed E-state index contributed by atoms with van der Waals surface area (Å²) < 4.78 is 32.3. The van der Waals surface area contributed by atoms with Crippen molar-refractivity contribution in [1.82, 2.24) is 9.38 Å². The standard InChI is InChI=1S/C19H22N2O3S2.2H2O/c1-19(2,3)26(22,23)17-12-21-15(11-20-18(21)10-16(17)24-4)13-7-6-8-14(9-13)25-5;;/h6-12H,1-5H3;2*1H2. The van der Waals surface area contributed by atoms with Gasteiger partial charge in [-0.15, -0.1) is 11.8 Å². The Balaban J connectivity index is 0.00000196. The molecule has 2 heterocycles. The lowest BCUT2D eigenvalue weighted by molar-refractivity contribution is 0.401. The molecule has 0 unspecified atom stereocenters. The quantitative estimate of drug-likeness (QED) is 0.593. The molecule has 0 amide bonds. The number of aromatic nitrogens is 2. The lowest BCUT2D eigenvalue weighted by Crippen LogP contribution is -2.28. The van der Waals surface area contributed by atoms with Crippen LogP contribution in [0.4, 0.5) is 0 Å². The molecule has 0 atom stereocenters. The molecule has 7 nitrogen and oxygen atoms in total. The van der Waals surface area contributed by atoms with E-state index in [1.807, 2.05) is 24.5 Å². The van der Waals surface area contributed by atoms with E-state index in [-0.39, 0.29) is 15.8 Å². The van der Waals surface area contributed by atoms with Crippen LogP contribution in [-0.4, -0.2) is 46.9 Å². The summed E-state index contributed by atoms with van der Waals surface area (Å²) in [6, 6.07) is 9.75. The van der Waals surface area contributed by atoms with E-state index in [2.05, 4.69) is 11.1 Å². The molecule has 154 valence electrons. The summed E-state index contributed by atoms with van der Waals surface area (Å²) in [5.41, 5.74) is 2.46. The van der Waals surface area contributed by atoms with Gasteiger partial charge >= 0.3 is 0 Å². The summed E-state index contributed by atoms with van der Waals surface area (Å²) in [5, 5.41) is 0. The monoisotopic (exact) mass is 426 g/mol. The molecule has 2 aromatic heterocycles. The molecule has 0 saturated carbocycles. The molecule has 0 radical (unpaired) electrons. The Kier molecular flexibility index (Phi) is 7.29. The molecule has 3 aromatic rings. The third kappa shape index (κ3) is 4.02. The lowest BCUT2D eigenvalue weighted by atomic mass is 10.2. The van der Waals surface area contributed by atoms with Gasteiger partial charge in [0.1, 0.15) is 16.3 Å². The van der Waals surface area contributed by atoms with Crippen molar-refractivity contribution in [3.8, 4) is 17.0 Å². The van der Waals surface area contributed by atoms with Gasteiger partial charge in [0.2, 0.25) is 0 Å². The minimum atomic E-state index is -3.58. The Morgan fingerprint density at radius 3 is 2.39 bits per heavy atom. The van der Waals surface area contributed by atoms with Crippen molar-refractivity contribution < 1.29 is 24.1 Å². The molecule has 0 bridgehead atoms. The fraction of sp³-hybridized carbons (Fsp3) is 0.316. The molecule has 0 aliphatic heterocycles. The first kappa shape index (κ1) is 24.0. The molecule has 9 heteroatoms. The largest absolute Gasteiger partial charge is 0.495 e. The van der Waals surface area contributed by atoms with Crippen molar-refractivity contribution in [3.63, 3.8) is 0 Å². The average molecular weight is 427 g/mol. The van der Waals surface area contributed by atoms with Crippen molar-refractivity contribution in [1.29, 1.82) is 0 Å². The first-order valence-corrected chi connectivity index (χ1v) is 10.8. The van der Waals surface area contributed by atoms with Gasteiger partial charge in [0, 0.05) is 22.7 Å². The van der Waals surface area contributed by atoms with Crippen LogP contribution in [-0.2, 0) is 9.84 Å². The number of ether oxygens (including phenoxy) is 1. The van der Waals surface area contributed by atoms with Gasteiger partial charge in [-0.25, -0.2) is 13.4 Å². The van der Waals surface area contributed by atoms with Gasteiger partial charge in [0.25, 0.3) is 0 Å². The van der Waals surface area contributed by atoms with Crippen LogP contribution < -0.4 is 4.74 Å². The highest BCUT2D eigenvalue weighted by molar-refractivity contribution is 7.98. The molecule has 28 heavy (non-hydrogen) atoms. The molecular formula is C19H26N2O5S2. The maximum Gasteiger partial charge on any atom is 0.188 e. The van der Waals surface area contributed by atoms with Gasteiger partial charge in [0.05, 0.1) is 23.7 Å². The van der Waals surface area contributed by atoms with Crippen molar-refractivity contribution in [2.75, 3.05) is 13.4 Å². The van der Waals surface area contributed by atoms with Crippen LogP contribution in [0.1, 0.15) is 20.8 Å². The molecule has 4 N–H and O–H groups in total. The highest BCUT2D eigenvalue weighted by atomic mass is 32.2. The number of fused-ring (bicyclic) bond motifs is 1. The lowest BCUT2D eigenvalue weighted by Gasteiger charge is -2.21. The summed E-state index contributed by atoms with van der Waals surface area (Å²) in [6.45, 7) is 5.05. The highest BCUT2D eigenvalue weighted by Gasteiger charge is 2.34. The van der Waals surface area contributed by atoms with E-state index in [9.17, 15) is 8.42 Å². The second kappa shape index (κ2) is 8.52. The number of methoxy groups -OCH3 is 1. The minimum absolute atomic E-state index is 0. The van der Waals surface area contributed by atoms with Gasteiger partial charge in [-0.2, -0.15) is 0 Å². The molecule has 0 fully saturated rings. The SMILES string of the molecule is COc1cc2ncc(-c3cccc(SC)c3)n2cc1S(=O)(=O)C(C)(C)C.O.O. The zero-order valence-corrected chi connectivity index (χ0v) is 18.1. The average Bonchev–Trinajstić information content (AvgIpc) is 3.02. The fourth-order valence-electron chi connectivity index (χ4n) is 2.67. The van der Waals surface area contributed by atoms with Gasteiger partial charge < -0.3 is 15.7 Å². The Labute approximate surface area is 169 Å². The number of rotatable bonds is 4. The van der Waals surface area contributed by atoms with Crippen molar-refractivity contribution in [3.05, 3.63) is 42.7 Å². The van der Waals surface area contributed by atoms with Crippen LogP contribution in [0.2, 0.25) is 0 Å². The van der Waals surface area contributed by atoms with Crippen LogP contribution >= 0.6 is 11.8 Å². The number of hydrogen-bond acceptors (Lipinski definition) is 5. The molecule has 0 aliphatic carbocycles. The second-order valence-electron chi connectivity index (χ2n) is 6.93. The zero-order chi connectivity index (χ0) is 19.1. The zero-order valence-electron chi connectivity index (χ0n) is 16.5. The Hall–Kier alpha value is -2.07. The van der Waals surface area contributed by atoms with Crippen LogP contribution in [0.5, 0.6) is 5.75 Å². The number of hydrogen-bond donors (Lipinski definition) is 0. The maximum absolute atomic E-state index is 13.0. The van der Waals surface area contributed by atoms with Crippen molar-refractivity contribution in [2.24, 2.45) is 0 Å². The number of nitrogens with zero attached hydrogens (tertiary/aromatic N) is 2. The van der Waals surface area contributed by atoms with E-state index >= 15 is 0 Å². The van der Waals surface area contributed by atoms with Crippen LogP contribution in [0, 0.1) is 0 Å². The van der Waals surface area contributed by atoms with E-state index in [1.165, 1.54) is 7.11 Å². The smallest absolute Gasteiger partial charge is 0.188 e. The number of benzene rings is 1. The molecule has 0 spiro atoms. The van der Waals surface area contributed by atoms with Gasteiger partial charge in [-0.05, 0) is 39.2 Å².